The second-order valence-corrected chi connectivity index (χ2v) is 7.36. The molecular weight excluding hydrogens is 304 g/mol. The fraction of sp³-hybridized carbons (Fsp3) is 0.421. The topological polar surface area (TPSA) is 66.5 Å². The predicted molar refractivity (Wildman–Crippen MR) is 84.8 cm³/mol. The smallest absolute Gasteiger partial charge is 0.252 e. The van der Waals surface area contributed by atoms with Crippen LogP contribution in [0, 0.1) is 35.5 Å². The highest BCUT2D eigenvalue weighted by molar-refractivity contribution is 6.07. The number of carbonyl (C=O) groups excluding carboxylic acids is 3. The highest BCUT2D eigenvalue weighted by atomic mass is 16.2. The Hall–Kier alpha value is -2.43. The first-order valence-corrected chi connectivity index (χ1v) is 8.54. The first kappa shape index (κ1) is 14.0. The Balaban J connectivity index is 1.34. The summed E-state index contributed by atoms with van der Waals surface area (Å²) in [4.78, 5) is 37.7. The number of nitrogens with one attached hydrogen (secondary N) is 1. The zero-order chi connectivity index (χ0) is 16.4. The summed E-state index contributed by atoms with van der Waals surface area (Å²) in [5, 5.41) is 0.998. The van der Waals surface area contributed by atoms with Crippen LogP contribution in [0.15, 0.2) is 42.5 Å². The van der Waals surface area contributed by atoms with E-state index in [1.54, 1.807) is 0 Å². The second-order valence-electron chi connectivity index (χ2n) is 7.36. The lowest BCUT2D eigenvalue weighted by molar-refractivity contribution is -0.149. The maximum absolute atomic E-state index is 12.7. The zero-order valence-corrected chi connectivity index (χ0v) is 13.1. The summed E-state index contributed by atoms with van der Waals surface area (Å²) in [5.74, 6) is 0.173. The molecule has 122 valence electrons. The van der Waals surface area contributed by atoms with E-state index in [-0.39, 0.29) is 47.8 Å². The van der Waals surface area contributed by atoms with Crippen molar-refractivity contribution in [2.45, 2.75) is 12.8 Å². The van der Waals surface area contributed by atoms with Crippen LogP contribution < -0.4 is 5.43 Å². The summed E-state index contributed by atoms with van der Waals surface area (Å²) in [7, 11) is 0. The molecule has 2 saturated carbocycles. The number of amides is 3. The molecule has 0 spiro atoms. The van der Waals surface area contributed by atoms with E-state index in [1.807, 2.05) is 30.3 Å². The molecular formula is C19H18N2O3. The lowest BCUT2D eigenvalue weighted by Crippen LogP contribution is -2.47. The Labute approximate surface area is 139 Å². The van der Waals surface area contributed by atoms with Crippen molar-refractivity contribution in [3.05, 3.63) is 48.0 Å². The van der Waals surface area contributed by atoms with Crippen LogP contribution in [0.3, 0.4) is 0 Å². The molecule has 5 aliphatic rings. The molecule has 1 aromatic rings. The Morgan fingerprint density at radius 2 is 1.58 bits per heavy atom. The third-order valence-electron chi connectivity index (χ3n) is 6.11. The van der Waals surface area contributed by atoms with E-state index in [1.165, 1.54) is 0 Å². The molecule has 5 nitrogen and oxygen atoms in total. The number of nitrogens with zero attached hydrogens (tertiary/aromatic N) is 1. The minimum absolute atomic E-state index is 0.156. The van der Waals surface area contributed by atoms with Gasteiger partial charge < -0.3 is 0 Å². The summed E-state index contributed by atoms with van der Waals surface area (Å²) >= 11 is 0. The molecule has 2 bridgehead atoms. The van der Waals surface area contributed by atoms with Gasteiger partial charge in [-0.05, 0) is 35.7 Å². The predicted octanol–water partition coefficient (Wildman–Crippen LogP) is 1.31. The van der Waals surface area contributed by atoms with Crippen molar-refractivity contribution in [1.82, 2.24) is 10.4 Å². The largest absolute Gasteiger partial charge is 0.273 e. The third kappa shape index (κ3) is 1.84. The van der Waals surface area contributed by atoms with Gasteiger partial charge in [-0.25, -0.2) is 0 Å². The number of rotatable bonds is 3. The van der Waals surface area contributed by atoms with Gasteiger partial charge in [0.2, 0.25) is 5.91 Å². The van der Waals surface area contributed by atoms with E-state index >= 15 is 0 Å². The number of hydrazine groups is 1. The molecule has 0 unspecified atom stereocenters. The molecule has 1 saturated heterocycles. The van der Waals surface area contributed by atoms with Crippen molar-refractivity contribution in [3.8, 4) is 0 Å². The Kier molecular flexibility index (Phi) is 2.78. The lowest BCUT2D eigenvalue weighted by atomic mass is 9.63. The third-order valence-corrected chi connectivity index (χ3v) is 6.11. The van der Waals surface area contributed by atoms with Crippen molar-refractivity contribution in [3.63, 3.8) is 0 Å². The van der Waals surface area contributed by atoms with E-state index in [0.717, 1.165) is 17.0 Å². The molecule has 1 aliphatic heterocycles. The highest BCUT2D eigenvalue weighted by Gasteiger charge is 2.67. The number of imide groups is 1. The molecule has 0 aromatic heterocycles. The summed E-state index contributed by atoms with van der Waals surface area (Å²) in [6, 6.07) is 9.31. The Bertz CT molecular complexity index is 736. The van der Waals surface area contributed by atoms with Crippen molar-refractivity contribution in [2.24, 2.45) is 35.5 Å². The first-order valence-electron chi connectivity index (χ1n) is 8.54. The van der Waals surface area contributed by atoms with Crippen molar-refractivity contribution >= 4 is 17.7 Å². The molecule has 6 rings (SSSR count). The fourth-order valence-electron chi connectivity index (χ4n) is 5.01. The number of hydrogen-bond donors (Lipinski definition) is 1. The maximum atomic E-state index is 12.7. The van der Waals surface area contributed by atoms with Crippen molar-refractivity contribution < 1.29 is 14.4 Å². The molecule has 4 aliphatic carbocycles. The van der Waals surface area contributed by atoms with Crippen molar-refractivity contribution in [1.29, 1.82) is 0 Å². The standard InChI is InChI=1S/C19H18N2O3/c22-15(8-10-4-2-1-3-5-10)20-21-18(23)16-11-6-7-12(14-9-13(11)14)17(16)19(21)24/h1-7,11-14,16-17H,8-9H2,(H,20,22)/t11-,12+,13-,14-,16+,17-/m1/s1. The van der Waals surface area contributed by atoms with Gasteiger partial charge in [-0.1, -0.05) is 42.5 Å². The van der Waals surface area contributed by atoms with Gasteiger partial charge in [0, 0.05) is 0 Å². The van der Waals surface area contributed by atoms with Crippen molar-refractivity contribution in [2.75, 3.05) is 0 Å². The van der Waals surface area contributed by atoms with Crippen LogP contribution in [0.1, 0.15) is 12.0 Å². The van der Waals surface area contributed by atoms with E-state index in [2.05, 4.69) is 17.6 Å². The summed E-state index contributed by atoms with van der Waals surface area (Å²) in [6.45, 7) is 0. The molecule has 3 fully saturated rings. The summed E-state index contributed by atoms with van der Waals surface area (Å²) in [5.41, 5.74) is 3.41. The molecule has 3 amide bonds. The molecule has 24 heavy (non-hydrogen) atoms. The zero-order valence-electron chi connectivity index (χ0n) is 13.1. The van der Waals surface area contributed by atoms with Gasteiger partial charge in [0.05, 0.1) is 18.3 Å². The van der Waals surface area contributed by atoms with Crippen LogP contribution >= 0.6 is 0 Å². The second kappa shape index (κ2) is 4.79. The van der Waals surface area contributed by atoms with Gasteiger partial charge in [-0.15, -0.1) is 0 Å². The molecule has 1 aromatic carbocycles. The van der Waals surface area contributed by atoms with E-state index in [4.69, 9.17) is 0 Å². The average Bonchev–Trinajstić information content (AvgIpc) is 3.37. The number of allylic oxidation sites excluding steroid dienone is 2. The van der Waals surface area contributed by atoms with Gasteiger partial charge in [0.25, 0.3) is 11.8 Å². The number of benzene rings is 1. The van der Waals surface area contributed by atoms with Gasteiger partial charge in [-0.3, -0.25) is 19.8 Å². The molecule has 6 atom stereocenters. The Morgan fingerprint density at radius 1 is 1.00 bits per heavy atom. The van der Waals surface area contributed by atoms with E-state index < -0.39 is 0 Å². The summed E-state index contributed by atoms with van der Waals surface area (Å²) in [6.07, 6.45) is 5.54. The van der Waals surface area contributed by atoms with Crippen LogP contribution in [0.2, 0.25) is 0 Å². The molecule has 1 N–H and O–H groups in total. The Morgan fingerprint density at radius 3 is 2.17 bits per heavy atom. The lowest BCUT2D eigenvalue weighted by Gasteiger charge is -2.37. The quantitative estimate of drug-likeness (QED) is 0.674. The van der Waals surface area contributed by atoms with Crippen LogP contribution in [0.25, 0.3) is 0 Å². The van der Waals surface area contributed by atoms with Crippen LogP contribution in [-0.4, -0.2) is 22.7 Å². The minimum Gasteiger partial charge on any atom is -0.273 e. The van der Waals surface area contributed by atoms with Gasteiger partial charge >= 0.3 is 0 Å². The normalized spacial score (nSPS) is 38.1. The van der Waals surface area contributed by atoms with E-state index in [9.17, 15) is 14.4 Å². The van der Waals surface area contributed by atoms with E-state index in [0.29, 0.717) is 11.8 Å². The average molecular weight is 322 g/mol. The number of hydrogen-bond acceptors (Lipinski definition) is 3. The maximum Gasteiger partial charge on any atom is 0.252 e. The SMILES string of the molecule is O=C(Cc1ccccc1)NN1C(=O)[C@@H]2[C@H]3C=C[C@H]([C@H]4C[C@H]34)[C@@H]2C1=O. The first-order chi connectivity index (χ1) is 11.6. The van der Waals surface area contributed by atoms with Gasteiger partial charge in [0.15, 0.2) is 0 Å². The van der Waals surface area contributed by atoms with Gasteiger partial charge in [0.1, 0.15) is 0 Å². The highest BCUT2D eigenvalue weighted by Crippen LogP contribution is 2.65. The molecule has 1 heterocycles. The van der Waals surface area contributed by atoms with Crippen LogP contribution in [-0.2, 0) is 20.8 Å². The fourth-order valence-corrected chi connectivity index (χ4v) is 5.01. The van der Waals surface area contributed by atoms with Crippen LogP contribution in [0.5, 0.6) is 0 Å². The monoisotopic (exact) mass is 322 g/mol. The summed E-state index contributed by atoms with van der Waals surface area (Å²) < 4.78 is 0. The number of carbonyl (C=O) groups is 3. The minimum atomic E-state index is -0.327. The van der Waals surface area contributed by atoms with Gasteiger partial charge in [-0.2, -0.15) is 5.01 Å². The molecule has 0 radical (unpaired) electrons. The molecule has 5 heteroatoms. The van der Waals surface area contributed by atoms with Crippen LogP contribution in [0.4, 0.5) is 0 Å².